The number of aliphatic imine (C=N–C) groups is 1. The summed E-state index contributed by atoms with van der Waals surface area (Å²) in [6.07, 6.45) is 9.65. The molecule has 0 N–H and O–H groups in total. The third kappa shape index (κ3) is 3.96. The van der Waals surface area contributed by atoms with Gasteiger partial charge in [-0.05, 0) is 36.9 Å². The van der Waals surface area contributed by atoms with Gasteiger partial charge in [0.2, 0.25) is 0 Å². The van der Waals surface area contributed by atoms with Gasteiger partial charge in [-0.15, -0.1) is 11.8 Å². The minimum absolute atomic E-state index is 0.0683. The highest BCUT2D eigenvalue weighted by molar-refractivity contribution is 8.05. The van der Waals surface area contributed by atoms with Gasteiger partial charge < -0.3 is 9.80 Å². The van der Waals surface area contributed by atoms with E-state index in [4.69, 9.17) is 0 Å². The summed E-state index contributed by atoms with van der Waals surface area (Å²) in [6, 6.07) is 7.45. The van der Waals surface area contributed by atoms with Crippen LogP contribution in [0.2, 0.25) is 0 Å². The van der Waals surface area contributed by atoms with Gasteiger partial charge in [0.25, 0.3) is 11.8 Å². The Morgan fingerprint density at radius 2 is 1.89 bits per heavy atom. The molecule has 0 radical (unpaired) electrons. The molecular formula is C21H21N3O2S. The van der Waals surface area contributed by atoms with Crippen LogP contribution < -0.4 is 0 Å². The summed E-state index contributed by atoms with van der Waals surface area (Å²) >= 11 is 1.51. The van der Waals surface area contributed by atoms with Gasteiger partial charge in [-0.25, -0.2) is 4.99 Å². The third-order valence-corrected chi connectivity index (χ3v) is 6.10. The van der Waals surface area contributed by atoms with Gasteiger partial charge in [0.1, 0.15) is 0 Å². The van der Waals surface area contributed by atoms with Crippen LogP contribution in [0.3, 0.4) is 0 Å². The topological polar surface area (TPSA) is 53.0 Å². The Kier molecular flexibility index (Phi) is 5.09. The smallest absolute Gasteiger partial charge is 0.283 e. The van der Waals surface area contributed by atoms with Gasteiger partial charge in [0.15, 0.2) is 0 Å². The first kappa shape index (κ1) is 17.9. The van der Waals surface area contributed by atoms with Crippen LogP contribution in [0, 0.1) is 0 Å². The average Bonchev–Trinajstić information content (AvgIpc) is 2.69. The molecule has 2 aliphatic heterocycles. The zero-order chi connectivity index (χ0) is 18.8. The second-order valence-corrected chi connectivity index (χ2v) is 8.03. The molecule has 2 amide bonds. The molecular weight excluding hydrogens is 358 g/mol. The lowest BCUT2D eigenvalue weighted by Gasteiger charge is -2.32. The van der Waals surface area contributed by atoms with Crippen molar-refractivity contribution in [2.24, 2.45) is 4.99 Å². The van der Waals surface area contributed by atoms with E-state index in [9.17, 15) is 9.59 Å². The van der Waals surface area contributed by atoms with E-state index in [2.05, 4.69) is 16.9 Å². The van der Waals surface area contributed by atoms with E-state index in [0.717, 1.165) is 37.5 Å². The van der Waals surface area contributed by atoms with E-state index in [1.165, 1.54) is 11.8 Å². The fourth-order valence-corrected chi connectivity index (χ4v) is 4.28. The number of benzene rings is 1. The Balaban J connectivity index is 1.48. The van der Waals surface area contributed by atoms with Crippen molar-refractivity contribution < 1.29 is 9.59 Å². The first-order chi connectivity index (χ1) is 13.1. The number of thioether (sulfide) groups is 1. The summed E-state index contributed by atoms with van der Waals surface area (Å²) < 4.78 is 0. The van der Waals surface area contributed by atoms with Crippen molar-refractivity contribution in [3.05, 3.63) is 64.6 Å². The van der Waals surface area contributed by atoms with Crippen LogP contribution in [-0.2, 0) is 4.79 Å². The summed E-state index contributed by atoms with van der Waals surface area (Å²) in [5.41, 5.74) is 2.39. The summed E-state index contributed by atoms with van der Waals surface area (Å²) in [5, 5.41) is 0.0945. The molecule has 0 spiro atoms. The number of hydrogen-bond donors (Lipinski definition) is 0. The molecule has 2 heterocycles. The maximum atomic E-state index is 12.6. The number of allylic oxidation sites excluding steroid dienone is 3. The summed E-state index contributed by atoms with van der Waals surface area (Å²) in [4.78, 5) is 33.8. The fourth-order valence-electron chi connectivity index (χ4n) is 3.23. The largest absolute Gasteiger partial charge is 0.336 e. The number of piperazine rings is 1. The zero-order valence-corrected chi connectivity index (χ0v) is 16.0. The molecule has 4 rings (SSSR count). The molecule has 5 nitrogen and oxygen atoms in total. The Labute approximate surface area is 163 Å². The van der Waals surface area contributed by atoms with Crippen LogP contribution in [0.25, 0.3) is 6.08 Å². The van der Waals surface area contributed by atoms with E-state index in [1.807, 2.05) is 59.5 Å². The highest BCUT2D eigenvalue weighted by Gasteiger charge is 2.26. The molecule has 1 aromatic carbocycles. The molecule has 138 valence electrons. The Hall–Kier alpha value is -2.44. The molecule has 0 aromatic heterocycles. The van der Waals surface area contributed by atoms with Gasteiger partial charge >= 0.3 is 0 Å². The first-order valence-electron chi connectivity index (χ1n) is 9.04. The van der Waals surface area contributed by atoms with E-state index in [1.54, 1.807) is 0 Å². The van der Waals surface area contributed by atoms with Crippen LogP contribution in [0.15, 0.2) is 58.5 Å². The molecule has 1 unspecified atom stereocenters. The Bertz CT molecular complexity index is 875. The normalized spacial score (nSPS) is 24.1. The van der Waals surface area contributed by atoms with Crippen LogP contribution >= 0.6 is 11.8 Å². The highest BCUT2D eigenvalue weighted by Crippen LogP contribution is 2.32. The molecule has 0 bridgehead atoms. The van der Waals surface area contributed by atoms with Crippen LogP contribution in [0.1, 0.15) is 15.9 Å². The van der Waals surface area contributed by atoms with Gasteiger partial charge in [-0.1, -0.05) is 30.4 Å². The SMILES string of the molecule is CN1CCN(C(=O)c2ccc(/C=C3/SC4C=CC=CC4=NC3=O)cc2)CC1. The first-order valence-corrected chi connectivity index (χ1v) is 9.92. The maximum Gasteiger partial charge on any atom is 0.283 e. The molecule has 1 atom stereocenters. The number of nitrogens with zero attached hydrogens (tertiary/aromatic N) is 3. The Morgan fingerprint density at radius 1 is 1.15 bits per heavy atom. The average molecular weight is 379 g/mol. The van der Waals surface area contributed by atoms with E-state index >= 15 is 0 Å². The predicted molar refractivity (Wildman–Crippen MR) is 110 cm³/mol. The number of hydrogen-bond acceptors (Lipinski definition) is 4. The third-order valence-electron chi connectivity index (χ3n) is 4.90. The molecule has 6 heteroatoms. The number of likely N-dealkylation sites (N-methyl/N-ethyl adjacent to an activating group) is 1. The van der Waals surface area contributed by atoms with Gasteiger partial charge in [-0.3, -0.25) is 9.59 Å². The lowest BCUT2D eigenvalue weighted by atomic mass is 10.1. The second kappa shape index (κ2) is 7.66. The Morgan fingerprint density at radius 3 is 2.63 bits per heavy atom. The molecule has 1 saturated heterocycles. The van der Waals surface area contributed by atoms with Crippen LogP contribution in [0.4, 0.5) is 0 Å². The number of carbonyl (C=O) groups is 2. The molecule has 27 heavy (non-hydrogen) atoms. The quantitative estimate of drug-likeness (QED) is 0.742. The van der Waals surface area contributed by atoms with Gasteiger partial charge in [0.05, 0.1) is 15.9 Å². The van der Waals surface area contributed by atoms with Crippen molar-refractivity contribution in [2.45, 2.75) is 5.25 Å². The van der Waals surface area contributed by atoms with Crippen LogP contribution in [-0.4, -0.2) is 65.8 Å². The van der Waals surface area contributed by atoms with Crippen molar-refractivity contribution in [1.82, 2.24) is 9.80 Å². The van der Waals surface area contributed by atoms with E-state index < -0.39 is 0 Å². The standard InChI is InChI=1S/C21H21N3O2S/c1-23-10-12-24(13-11-23)21(26)16-8-6-15(7-9-16)14-19-20(25)22-17-4-2-3-5-18(17)27-19/h2-9,14,18H,10-13H2,1H3/b19-14+. The fraction of sp³-hybridized carbons (Fsp3) is 0.286. The number of amides is 2. The molecule has 3 aliphatic rings. The lowest BCUT2D eigenvalue weighted by molar-refractivity contribution is -0.113. The van der Waals surface area contributed by atoms with Gasteiger partial charge in [0, 0.05) is 31.7 Å². The molecule has 1 aromatic rings. The summed E-state index contributed by atoms with van der Waals surface area (Å²) in [6.45, 7) is 3.33. The van der Waals surface area contributed by atoms with Crippen LogP contribution in [0.5, 0.6) is 0 Å². The van der Waals surface area contributed by atoms with Crippen molar-refractivity contribution in [3.8, 4) is 0 Å². The summed E-state index contributed by atoms with van der Waals surface area (Å²) in [7, 11) is 2.07. The summed E-state index contributed by atoms with van der Waals surface area (Å²) in [5.74, 6) is -0.136. The predicted octanol–water partition coefficient (Wildman–Crippen LogP) is 2.62. The van der Waals surface area contributed by atoms with E-state index in [-0.39, 0.29) is 17.1 Å². The van der Waals surface area contributed by atoms with Crippen molar-refractivity contribution in [2.75, 3.05) is 33.2 Å². The molecule has 1 aliphatic carbocycles. The van der Waals surface area contributed by atoms with Crippen molar-refractivity contribution in [3.63, 3.8) is 0 Å². The number of rotatable bonds is 2. The molecule has 1 fully saturated rings. The van der Waals surface area contributed by atoms with Crippen molar-refractivity contribution in [1.29, 1.82) is 0 Å². The second-order valence-electron chi connectivity index (χ2n) is 6.85. The maximum absolute atomic E-state index is 12.6. The van der Waals surface area contributed by atoms with Crippen molar-refractivity contribution >= 4 is 35.4 Å². The zero-order valence-electron chi connectivity index (χ0n) is 15.2. The van der Waals surface area contributed by atoms with Gasteiger partial charge in [-0.2, -0.15) is 0 Å². The highest BCUT2D eigenvalue weighted by atomic mass is 32.2. The number of carbonyl (C=O) groups excluding carboxylic acids is 2. The van der Waals surface area contributed by atoms with E-state index in [0.29, 0.717) is 10.5 Å². The lowest BCUT2D eigenvalue weighted by Crippen LogP contribution is -2.47. The monoisotopic (exact) mass is 379 g/mol. The minimum atomic E-state index is -0.205. The minimum Gasteiger partial charge on any atom is -0.336 e. The molecule has 0 saturated carbocycles. The number of fused-ring (bicyclic) bond motifs is 1.